The lowest BCUT2D eigenvalue weighted by Crippen LogP contribution is -2.57. The van der Waals surface area contributed by atoms with Gasteiger partial charge in [0.05, 0.1) is 24.2 Å². The van der Waals surface area contributed by atoms with E-state index >= 15 is 8.78 Å². The van der Waals surface area contributed by atoms with Crippen molar-refractivity contribution in [2.75, 3.05) is 29.4 Å². The Morgan fingerprint density at radius 1 is 1.07 bits per heavy atom. The van der Waals surface area contributed by atoms with Crippen LogP contribution in [0.15, 0.2) is 46.1 Å². The number of anilines is 2. The zero-order chi connectivity index (χ0) is 32.4. The first-order chi connectivity index (χ1) is 20.4. The first-order valence-corrected chi connectivity index (χ1v) is 16.0. The first kappa shape index (κ1) is 33.3. The highest BCUT2D eigenvalue weighted by Gasteiger charge is 2.36. The second-order valence-electron chi connectivity index (χ2n) is 12.1. The first-order valence-electron chi connectivity index (χ1n) is 13.6. The van der Waals surface area contributed by atoms with Gasteiger partial charge in [0, 0.05) is 23.2 Å². The number of nitrogens with zero attached hydrogens (tertiary/aromatic N) is 3. The van der Waals surface area contributed by atoms with Crippen molar-refractivity contribution in [2.24, 2.45) is 0 Å². The van der Waals surface area contributed by atoms with E-state index in [-0.39, 0.29) is 42.5 Å². The summed E-state index contributed by atoms with van der Waals surface area (Å²) in [4.78, 5) is 16.5. The number of halogens is 3. The van der Waals surface area contributed by atoms with E-state index in [1.54, 1.807) is 47.6 Å². The number of nitrogens with one attached hydrogen (secondary N) is 1. The van der Waals surface area contributed by atoms with Crippen LogP contribution in [0.2, 0.25) is 0 Å². The van der Waals surface area contributed by atoms with Crippen molar-refractivity contribution in [2.45, 2.75) is 70.3 Å². The summed E-state index contributed by atoms with van der Waals surface area (Å²) in [5.41, 5.74) is -0.0569. The van der Waals surface area contributed by atoms with Gasteiger partial charge in [0.25, 0.3) is 10.0 Å². The Bertz CT molecular complexity index is 1560. The Balaban J connectivity index is 1.48. The molecule has 0 radical (unpaired) electrons. The fraction of sp³-hybridized carbons (Fsp3) is 0.448. The number of thiazole rings is 1. The summed E-state index contributed by atoms with van der Waals surface area (Å²) in [7, 11) is -4.78. The molecular formula is C29H35F3N4O6S2. The molecule has 1 N–H and O–H groups in total. The molecule has 15 heteroatoms. The minimum atomic E-state index is -4.78. The molecule has 0 spiro atoms. The molecule has 2 heterocycles. The Morgan fingerprint density at radius 2 is 1.73 bits per heavy atom. The largest absolute Gasteiger partial charge is 0.486 e. The van der Waals surface area contributed by atoms with E-state index in [1.807, 2.05) is 0 Å². The van der Waals surface area contributed by atoms with Gasteiger partial charge >= 0.3 is 6.09 Å². The number of sulfonamides is 1. The van der Waals surface area contributed by atoms with Crippen LogP contribution in [0.4, 0.5) is 29.5 Å². The van der Waals surface area contributed by atoms with Gasteiger partial charge in [-0.3, -0.25) is 0 Å². The minimum absolute atomic E-state index is 0.0481. The monoisotopic (exact) mass is 656 g/mol. The Kier molecular flexibility index (Phi) is 9.71. The number of carbonyl (C=O) groups is 1. The molecule has 0 saturated carbocycles. The highest BCUT2D eigenvalue weighted by molar-refractivity contribution is 7.92. The van der Waals surface area contributed by atoms with Gasteiger partial charge in [0.15, 0.2) is 10.7 Å². The molecule has 44 heavy (non-hydrogen) atoms. The van der Waals surface area contributed by atoms with Crippen LogP contribution < -0.4 is 14.4 Å². The summed E-state index contributed by atoms with van der Waals surface area (Å²) < 4.78 is 89.9. The molecule has 240 valence electrons. The molecule has 10 nitrogen and oxygen atoms in total. The van der Waals surface area contributed by atoms with Gasteiger partial charge in [0.2, 0.25) is 0 Å². The number of hydrogen-bond acceptors (Lipinski definition) is 9. The van der Waals surface area contributed by atoms with E-state index in [9.17, 15) is 17.6 Å². The quantitative estimate of drug-likeness (QED) is 0.259. The molecule has 1 aliphatic rings. The molecule has 0 unspecified atom stereocenters. The van der Waals surface area contributed by atoms with Crippen molar-refractivity contribution in [1.82, 2.24) is 9.88 Å². The smallest absolute Gasteiger partial charge is 0.410 e. The summed E-state index contributed by atoms with van der Waals surface area (Å²) >= 11 is 1.11. The van der Waals surface area contributed by atoms with Crippen molar-refractivity contribution in [3.05, 3.63) is 64.2 Å². The molecule has 0 aliphatic carbocycles. The van der Waals surface area contributed by atoms with E-state index in [2.05, 4.69) is 10.3 Å². The third kappa shape index (κ3) is 8.12. The topological polar surface area (TPSA) is 110 Å². The molecule has 1 saturated heterocycles. The zero-order valence-corrected chi connectivity index (χ0v) is 26.8. The number of benzene rings is 2. The Hall–Kier alpha value is -3.56. The van der Waals surface area contributed by atoms with E-state index in [1.165, 1.54) is 27.9 Å². The van der Waals surface area contributed by atoms with Gasteiger partial charge in [0.1, 0.15) is 41.6 Å². The molecule has 0 bridgehead atoms. The normalized spacial score (nSPS) is 14.2. The second-order valence-corrected chi connectivity index (χ2v) is 14.6. The number of likely N-dealkylation sites (tertiary alicyclic amines) is 1. The second kappa shape index (κ2) is 12.8. The molecule has 1 aliphatic heterocycles. The lowest BCUT2D eigenvalue weighted by Gasteiger charge is -2.39. The van der Waals surface area contributed by atoms with Crippen LogP contribution in [0.1, 0.15) is 47.1 Å². The van der Waals surface area contributed by atoms with Gasteiger partial charge in [-0.05, 0) is 65.8 Å². The number of ether oxygens (including phenoxy) is 3. The van der Waals surface area contributed by atoms with Crippen LogP contribution >= 0.6 is 11.3 Å². The molecule has 1 amide bonds. The standard InChI is InChI=1S/C29H35F3N4O6S2/c1-28(2,3)40-17-36(25-15-43-16-34-25)44(38,39)26-22(31)10-18(11-23(26)32)33-12-20-21(30)8-7-9-24(20)41-19-13-35(14-19)27(37)42-29(4,5)6/h7-11,15-16,19,33H,12-14,17H2,1-6H3. The molecule has 4 rings (SSSR count). The number of aromatic nitrogens is 1. The highest BCUT2D eigenvalue weighted by atomic mass is 32.2. The molecule has 1 aromatic heterocycles. The lowest BCUT2D eigenvalue weighted by molar-refractivity contribution is -0.0224. The van der Waals surface area contributed by atoms with Crippen molar-refractivity contribution >= 4 is 39.0 Å². The van der Waals surface area contributed by atoms with Gasteiger partial charge in [-0.2, -0.15) is 0 Å². The Morgan fingerprint density at radius 3 is 2.30 bits per heavy atom. The average molecular weight is 657 g/mol. The fourth-order valence-corrected chi connectivity index (χ4v) is 6.01. The third-order valence-corrected chi connectivity index (χ3v) is 8.53. The van der Waals surface area contributed by atoms with Gasteiger partial charge in [-0.1, -0.05) is 6.07 Å². The highest BCUT2D eigenvalue weighted by Crippen LogP contribution is 2.31. The maximum atomic E-state index is 15.3. The summed E-state index contributed by atoms with van der Waals surface area (Å²) in [5.74, 6) is -3.20. The van der Waals surface area contributed by atoms with Crippen molar-refractivity contribution < 1.29 is 40.6 Å². The van der Waals surface area contributed by atoms with Crippen LogP contribution in [0.25, 0.3) is 0 Å². The van der Waals surface area contributed by atoms with Gasteiger partial charge < -0.3 is 24.4 Å². The van der Waals surface area contributed by atoms with E-state index in [0.717, 1.165) is 23.5 Å². The van der Waals surface area contributed by atoms with Crippen molar-refractivity contribution in [3.63, 3.8) is 0 Å². The molecule has 1 fully saturated rings. The van der Waals surface area contributed by atoms with Gasteiger partial charge in [-0.15, -0.1) is 11.3 Å². The maximum absolute atomic E-state index is 15.3. The van der Waals surface area contributed by atoms with Crippen molar-refractivity contribution in [3.8, 4) is 5.75 Å². The third-order valence-electron chi connectivity index (χ3n) is 6.17. The van der Waals surface area contributed by atoms with Crippen LogP contribution in [0.3, 0.4) is 0 Å². The zero-order valence-electron chi connectivity index (χ0n) is 25.2. The SMILES string of the molecule is CC(C)(C)OCN(c1cscn1)S(=O)(=O)c1c(F)cc(NCc2c(F)cccc2OC2CN(C(=O)OC(C)(C)C)C2)cc1F. The van der Waals surface area contributed by atoms with Crippen LogP contribution in [0.5, 0.6) is 5.75 Å². The predicted molar refractivity (Wildman–Crippen MR) is 160 cm³/mol. The number of rotatable bonds is 10. The summed E-state index contributed by atoms with van der Waals surface area (Å²) in [6, 6.07) is 5.83. The van der Waals surface area contributed by atoms with Crippen LogP contribution in [-0.2, 0) is 26.0 Å². The predicted octanol–water partition coefficient (Wildman–Crippen LogP) is 6.14. The summed E-state index contributed by atoms with van der Waals surface area (Å²) in [6.07, 6.45) is -0.894. The average Bonchev–Trinajstić information content (AvgIpc) is 3.37. The lowest BCUT2D eigenvalue weighted by atomic mass is 10.1. The number of carbonyl (C=O) groups excluding carboxylic acids is 1. The summed E-state index contributed by atoms with van der Waals surface area (Å²) in [6.45, 7) is 10.1. The molecule has 0 atom stereocenters. The molecular weight excluding hydrogens is 621 g/mol. The fourth-order valence-electron chi connectivity index (χ4n) is 4.04. The molecule has 2 aromatic carbocycles. The Labute approximate surface area is 258 Å². The van der Waals surface area contributed by atoms with Gasteiger partial charge in [-0.25, -0.2) is 35.7 Å². The number of hydrogen-bond donors (Lipinski definition) is 1. The minimum Gasteiger partial charge on any atom is -0.486 e. The summed E-state index contributed by atoms with van der Waals surface area (Å²) in [5, 5.41) is 4.16. The number of amides is 1. The van der Waals surface area contributed by atoms with E-state index in [4.69, 9.17) is 14.2 Å². The maximum Gasteiger partial charge on any atom is 0.410 e. The van der Waals surface area contributed by atoms with E-state index < -0.39 is 62.5 Å². The van der Waals surface area contributed by atoms with Crippen LogP contribution in [0, 0.1) is 17.5 Å². The molecule has 3 aromatic rings. The van der Waals surface area contributed by atoms with Crippen molar-refractivity contribution in [1.29, 1.82) is 0 Å². The van der Waals surface area contributed by atoms with Crippen LogP contribution in [-0.4, -0.2) is 61.5 Å². The van der Waals surface area contributed by atoms with E-state index in [0.29, 0.717) is 4.31 Å².